The Hall–Kier alpha value is -3.82. The summed E-state index contributed by atoms with van der Waals surface area (Å²) in [7, 11) is 9.16. The number of benzene rings is 2. The molecule has 1 saturated heterocycles. The van der Waals surface area contributed by atoms with Crippen LogP contribution in [0.15, 0.2) is 24.3 Å². The first kappa shape index (κ1) is 32.7. The maximum atomic E-state index is 13.9. The molecule has 0 N–H and O–H groups in total. The van der Waals surface area contributed by atoms with Gasteiger partial charge in [-0.3, -0.25) is 9.59 Å². The summed E-state index contributed by atoms with van der Waals surface area (Å²) < 4.78 is 32.8. The van der Waals surface area contributed by atoms with Crippen LogP contribution in [0.25, 0.3) is 0 Å². The number of carbonyl (C=O) groups is 2. The monoisotopic (exact) mass is 586 g/mol. The van der Waals surface area contributed by atoms with Crippen molar-refractivity contribution in [1.29, 1.82) is 0 Å². The van der Waals surface area contributed by atoms with E-state index in [1.807, 2.05) is 4.90 Å². The molecule has 1 fully saturated rings. The Labute approximate surface area is 249 Å². The van der Waals surface area contributed by atoms with Gasteiger partial charge in [-0.1, -0.05) is 45.4 Å². The van der Waals surface area contributed by atoms with E-state index in [0.29, 0.717) is 65.3 Å². The van der Waals surface area contributed by atoms with Crippen molar-refractivity contribution in [2.75, 3.05) is 62.3 Å². The summed E-state index contributed by atoms with van der Waals surface area (Å²) in [6.07, 6.45) is 7.64. The van der Waals surface area contributed by atoms with Crippen LogP contribution in [-0.4, -0.2) is 89.9 Å². The molecule has 10 heteroatoms. The first-order valence-electron chi connectivity index (χ1n) is 14.6. The summed E-state index contributed by atoms with van der Waals surface area (Å²) >= 11 is 0. The Kier molecular flexibility index (Phi) is 12.4. The van der Waals surface area contributed by atoms with Crippen LogP contribution in [0.2, 0.25) is 0 Å². The number of methoxy groups -OCH3 is 6. The second-order valence-electron chi connectivity index (χ2n) is 10.3. The minimum Gasteiger partial charge on any atom is -0.493 e. The highest BCUT2D eigenvalue weighted by molar-refractivity contribution is 5.97. The van der Waals surface area contributed by atoms with E-state index in [1.165, 1.54) is 61.9 Å². The molecule has 42 heavy (non-hydrogen) atoms. The average Bonchev–Trinajstić information content (AvgIpc) is 3.03. The second kappa shape index (κ2) is 16.0. The molecule has 3 rings (SSSR count). The summed E-state index contributed by atoms with van der Waals surface area (Å²) in [5, 5.41) is 0. The highest BCUT2D eigenvalue weighted by atomic mass is 16.5. The van der Waals surface area contributed by atoms with Crippen LogP contribution in [-0.2, 0) is 0 Å². The van der Waals surface area contributed by atoms with Crippen molar-refractivity contribution in [3.63, 3.8) is 0 Å². The van der Waals surface area contributed by atoms with Gasteiger partial charge >= 0.3 is 0 Å². The van der Waals surface area contributed by atoms with Gasteiger partial charge in [-0.25, -0.2) is 0 Å². The fraction of sp³-hybridized carbons (Fsp3) is 0.562. The number of hydrogen-bond acceptors (Lipinski definition) is 8. The molecule has 1 aliphatic rings. The van der Waals surface area contributed by atoms with E-state index < -0.39 is 0 Å². The first-order chi connectivity index (χ1) is 20.4. The molecule has 2 aromatic rings. The van der Waals surface area contributed by atoms with Crippen LogP contribution in [0.5, 0.6) is 34.5 Å². The van der Waals surface area contributed by atoms with Gasteiger partial charge in [0.15, 0.2) is 23.0 Å². The summed E-state index contributed by atoms with van der Waals surface area (Å²) in [6, 6.07) is 6.54. The van der Waals surface area contributed by atoms with Crippen LogP contribution in [0, 0.1) is 0 Å². The number of unbranched alkanes of at least 4 members (excludes halogenated alkanes) is 5. The van der Waals surface area contributed by atoms with Crippen molar-refractivity contribution in [2.45, 2.75) is 57.9 Å². The lowest BCUT2D eigenvalue weighted by Crippen LogP contribution is -2.56. The van der Waals surface area contributed by atoms with Crippen molar-refractivity contribution >= 4 is 11.8 Å². The number of amides is 2. The molecule has 1 aliphatic heterocycles. The van der Waals surface area contributed by atoms with Gasteiger partial charge in [-0.05, 0) is 30.7 Å². The largest absolute Gasteiger partial charge is 0.493 e. The maximum Gasteiger partial charge on any atom is 0.254 e. The molecule has 232 valence electrons. The van der Waals surface area contributed by atoms with Gasteiger partial charge in [0.2, 0.25) is 11.5 Å². The molecule has 1 atom stereocenters. The van der Waals surface area contributed by atoms with Crippen LogP contribution in [0.4, 0.5) is 0 Å². The van der Waals surface area contributed by atoms with Gasteiger partial charge in [0, 0.05) is 36.8 Å². The number of hydrogen-bond donors (Lipinski definition) is 0. The van der Waals surface area contributed by atoms with Crippen molar-refractivity contribution in [3.8, 4) is 34.5 Å². The molecule has 2 amide bonds. The normalized spacial score (nSPS) is 14.8. The zero-order chi connectivity index (χ0) is 30.6. The summed E-state index contributed by atoms with van der Waals surface area (Å²) in [5.74, 6) is 2.25. The number of nitrogens with zero attached hydrogens (tertiary/aromatic N) is 2. The van der Waals surface area contributed by atoms with Crippen LogP contribution in [0.1, 0.15) is 72.6 Å². The van der Waals surface area contributed by atoms with Gasteiger partial charge in [-0.15, -0.1) is 0 Å². The van der Waals surface area contributed by atoms with Crippen molar-refractivity contribution in [2.24, 2.45) is 0 Å². The SMILES string of the molecule is CCCCCCCCC1CN(C(=O)c2cc(OC)c(OC)c(OC)c2)CCN1C(=O)c1cc(OC)c(OC)c(OC)c1. The fourth-order valence-corrected chi connectivity index (χ4v) is 5.47. The molecule has 0 bridgehead atoms. The standard InChI is InChI=1S/C32H46N2O8/c1-8-9-10-11-12-13-14-24-21-33(31(35)22-17-25(37-2)29(41-6)26(18-22)38-3)15-16-34(24)32(36)23-19-27(39-4)30(42-7)28(20-23)40-5/h17-20,24H,8-16,21H2,1-7H3. The highest BCUT2D eigenvalue weighted by Gasteiger charge is 2.34. The third-order valence-electron chi connectivity index (χ3n) is 7.75. The topological polar surface area (TPSA) is 96.0 Å². The van der Waals surface area contributed by atoms with Gasteiger partial charge in [0.1, 0.15) is 0 Å². The van der Waals surface area contributed by atoms with E-state index in [1.54, 1.807) is 29.2 Å². The van der Waals surface area contributed by atoms with Crippen LogP contribution < -0.4 is 28.4 Å². The lowest BCUT2D eigenvalue weighted by Gasteiger charge is -2.42. The molecule has 0 radical (unpaired) electrons. The van der Waals surface area contributed by atoms with Gasteiger partial charge in [0.05, 0.1) is 42.7 Å². The van der Waals surface area contributed by atoms with Gasteiger partial charge in [0.25, 0.3) is 11.8 Å². The molecule has 1 heterocycles. The molecule has 2 aromatic carbocycles. The van der Waals surface area contributed by atoms with Crippen molar-refractivity contribution < 1.29 is 38.0 Å². The van der Waals surface area contributed by atoms with E-state index in [2.05, 4.69) is 6.92 Å². The Morgan fingerprint density at radius 3 is 1.55 bits per heavy atom. The van der Waals surface area contributed by atoms with E-state index in [0.717, 1.165) is 25.7 Å². The molecular formula is C32H46N2O8. The number of rotatable bonds is 15. The second-order valence-corrected chi connectivity index (χ2v) is 10.3. The van der Waals surface area contributed by atoms with Crippen LogP contribution >= 0.6 is 0 Å². The lowest BCUT2D eigenvalue weighted by molar-refractivity contribution is 0.0367. The predicted octanol–water partition coefficient (Wildman–Crippen LogP) is 5.46. The Morgan fingerprint density at radius 1 is 0.643 bits per heavy atom. The fourth-order valence-electron chi connectivity index (χ4n) is 5.47. The quantitative estimate of drug-likeness (QED) is 0.254. The molecule has 0 saturated carbocycles. The molecular weight excluding hydrogens is 540 g/mol. The highest BCUT2D eigenvalue weighted by Crippen LogP contribution is 2.40. The molecule has 1 unspecified atom stereocenters. The minimum atomic E-state index is -0.151. The summed E-state index contributed by atoms with van der Waals surface area (Å²) in [5.41, 5.74) is 0.883. The van der Waals surface area contributed by atoms with Gasteiger partial charge in [-0.2, -0.15) is 0 Å². The zero-order valence-corrected chi connectivity index (χ0v) is 26.1. The third-order valence-corrected chi connectivity index (χ3v) is 7.75. The van der Waals surface area contributed by atoms with Crippen LogP contribution in [0.3, 0.4) is 0 Å². The molecule has 0 aromatic heterocycles. The summed E-state index contributed by atoms with van der Waals surface area (Å²) in [6.45, 7) is 3.40. The van der Waals surface area contributed by atoms with E-state index >= 15 is 0 Å². The van der Waals surface area contributed by atoms with E-state index in [9.17, 15) is 9.59 Å². The Morgan fingerprint density at radius 2 is 1.10 bits per heavy atom. The van der Waals surface area contributed by atoms with Crippen molar-refractivity contribution in [1.82, 2.24) is 9.80 Å². The van der Waals surface area contributed by atoms with Gasteiger partial charge < -0.3 is 38.2 Å². The van der Waals surface area contributed by atoms with E-state index in [-0.39, 0.29) is 17.9 Å². The number of ether oxygens (including phenoxy) is 6. The lowest BCUT2D eigenvalue weighted by atomic mass is 10.0. The Balaban J connectivity index is 1.87. The Bertz CT molecular complexity index is 1150. The maximum absolute atomic E-state index is 13.9. The first-order valence-corrected chi connectivity index (χ1v) is 14.6. The van der Waals surface area contributed by atoms with Crippen molar-refractivity contribution in [3.05, 3.63) is 35.4 Å². The van der Waals surface area contributed by atoms with E-state index in [4.69, 9.17) is 28.4 Å². The minimum absolute atomic E-state index is 0.134. The average molecular weight is 587 g/mol. The number of carbonyl (C=O) groups excluding carboxylic acids is 2. The summed E-state index contributed by atoms with van der Waals surface area (Å²) in [4.78, 5) is 31.4. The molecule has 0 aliphatic carbocycles. The number of piperazine rings is 1. The smallest absolute Gasteiger partial charge is 0.254 e. The molecule has 10 nitrogen and oxygen atoms in total. The zero-order valence-electron chi connectivity index (χ0n) is 26.1. The predicted molar refractivity (Wildman–Crippen MR) is 161 cm³/mol. The molecule has 0 spiro atoms. The third kappa shape index (κ3) is 7.52.